The topological polar surface area (TPSA) is 59.4 Å². The maximum absolute atomic E-state index is 14.0. The van der Waals surface area contributed by atoms with Crippen molar-refractivity contribution in [3.63, 3.8) is 0 Å². The summed E-state index contributed by atoms with van der Waals surface area (Å²) in [6.45, 7) is 7.02. The Morgan fingerprint density at radius 1 is 1.06 bits per heavy atom. The Morgan fingerprint density at radius 2 is 1.88 bits per heavy atom. The Kier molecular flexibility index (Phi) is 5.78. The molecule has 2 aromatic carbocycles. The molecule has 11 atom stereocenters. The lowest BCUT2D eigenvalue weighted by molar-refractivity contribution is -0.401. The monoisotopic (exact) mass is 660 g/mol. The summed E-state index contributed by atoms with van der Waals surface area (Å²) >= 11 is 0. The maximum atomic E-state index is 14.0. The number of benzene rings is 2. The number of hydrogen-bond donors (Lipinski definition) is 0. The van der Waals surface area contributed by atoms with Gasteiger partial charge in [-0.1, -0.05) is 48.0 Å². The number of fused-ring (bicyclic) bond motifs is 13. The van der Waals surface area contributed by atoms with Crippen molar-refractivity contribution in [2.45, 2.75) is 87.0 Å². The van der Waals surface area contributed by atoms with Gasteiger partial charge in [-0.2, -0.15) is 0 Å². The summed E-state index contributed by atoms with van der Waals surface area (Å²) < 4.78 is 23.3. The van der Waals surface area contributed by atoms with Crippen molar-refractivity contribution in [1.29, 1.82) is 0 Å². The van der Waals surface area contributed by atoms with Gasteiger partial charge in [-0.3, -0.25) is 9.80 Å². The molecule has 8 aliphatic rings. The number of aryl methyl sites for hydroxylation is 1. The first kappa shape index (κ1) is 29.5. The molecule has 256 valence electrons. The lowest BCUT2D eigenvalue weighted by Gasteiger charge is -2.72. The van der Waals surface area contributed by atoms with E-state index in [1.54, 1.807) is 12.7 Å². The van der Waals surface area contributed by atoms with E-state index >= 15 is 0 Å². The quantitative estimate of drug-likeness (QED) is 0.251. The molecule has 8 aliphatic heterocycles. The average molecular weight is 661 g/mol. The molecule has 8 nitrogen and oxygen atoms in total. The number of anilines is 1. The van der Waals surface area contributed by atoms with E-state index in [2.05, 4.69) is 102 Å². The third-order valence-corrected chi connectivity index (χ3v) is 15.5. The Bertz CT molecular complexity index is 1970. The third kappa shape index (κ3) is 3.26. The highest BCUT2D eigenvalue weighted by molar-refractivity contribution is 5.87. The number of ether oxygens (including phenoxy) is 3. The smallest absolute Gasteiger partial charge is 0.329 e. The summed E-state index contributed by atoms with van der Waals surface area (Å²) in [5.41, 5.74) is 7.33. The molecule has 0 radical (unpaired) electrons. The molecule has 0 saturated carbocycles. The number of likely N-dealkylation sites (N-methyl/N-ethyl adjacent to an activating group) is 1. The van der Waals surface area contributed by atoms with Crippen LogP contribution in [0, 0.1) is 23.7 Å². The molecule has 1 spiro atoms. The summed E-state index contributed by atoms with van der Waals surface area (Å²) in [7, 11) is 6.19. The number of piperidine rings is 4. The SMILES string of the molecule is C/C=C1/CN2CC[C@@]34C[C@H]5[C@@H]6C[C@H]7c8c(c9ccccc9n8C)C[C@@H]([C@@H]6CO[C@@]5(C)O[C@@]35[C@@H]2C[C@@H]1[C@@H](C(=O)OC)N5c1ccccc14)N7C. The molecule has 1 aromatic heterocycles. The summed E-state index contributed by atoms with van der Waals surface area (Å²) in [5, 5.41) is 1.42. The highest BCUT2D eigenvalue weighted by Crippen LogP contribution is 2.72. The van der Waals surface area contributed by atoms with Crippen LogP contribution >= 0.6 is 0 Å². The lowest BCUT2D eigenvalue weighted by atomic mass is 9.52. The largest absolute Gasteiger partial charge is 0.467 e. The number of carbonyl (C=O) groups is 1. The van der Waals surface area contributed by atoms with E-state index in [1.165, 1.54) is 27.7 Å². The van der Waals surface area contributed by atoms with Gasteiger partial charge >= 0.3 is 5.97 Å². The molecule has 6 fully saturated rings. The zero-order valence-electron chi connectivity index (χ0n) is 29.4. The number of aromatic nitrogens is 1. The van der Waals surface area contributed by atoms with Crippen LogP contribution in [-0.2, 0) is 37.9 Å². The molecule has 49 heavy (non-hydrogen) atoms. The summed E-state index contributed by atoms with van der Waals surface area (Å²) in [6, 6.07) is 18.5. The molecule has 0 N–H and O–H groups in total. The van der Waals surface area contributed by atoms with Gasteiger partial charge in [0.2, 0.25) is 0 Å². The fraction of sp³-hybridized carbons (Fsp3) is 0.585. The zero-order chi connectivity index (χ0) is 33.2. The minimum atomic E-state index is -0.756. The molecule has 8 heteroatoms. The van der Waals surface area contributed by atoms with Crippen molar-refractivity contribution in [3.05, 3.63) is 77.0 Å². The Morgan fingerprint density at radius 3 is 2.71 bits per heavy atom. The van der Waals surface area contributed by atoms with Gasteiger partial charge in [0.05, 0.1) is 25.8 Å². The Hall–Kier alpha value is -3.17. The number of para-hydroxylation sites is 2. The maximum Gasteiger partial charge on any atom is 0.329 e. The lowest BCUT2D eigenvalue weighted by Crippen LogP contribution is -2.85. The molecule has 11 rings (SSSR count). The minimum Gasteiger partial charge on any atom is -0.467 e. The number of methoxy groups -OCH3 is 1. The Balaban J connectivity index is 1.07. The fourth-order valence-corrected chi connectivity index (χ4v) is 13.5. The van der Waals surface area contributed by atoms with Gasteiger partial charge in [0.1, 0.15) is 6.04 Å². The summed E-state index contributed by atoms with van der Waals surface area (Å²) in [5.74, 6) is 0.357. The zero-order valence-corrected chi connectivity index (χ0v) is 29.4. The van der Waals surface area contributed by atoms with Crippen LogP contribution in [0.3, 0.4) is 0 Å². The number of rotatable bonds is 1. The second-order valence-corrected chi connectivity index (χ2v) is 16.8. The molecule has 4 bridgehead atoms. The molecule has 0 aliphatic carbocycles. The highest BCUT2D eigenvalue weighted by atomic mass is 16.7. The summed E-state index contributed by atoms with van der Waals surface area (Å²) in [4.78, 5) is 21.8. The van der Waals surface area contributed by atoms with Gasteiger partial charge in [0.15, 0.2) is 11.5 Å². The van der Waals surface area contributed by atoms with Gasteiger partial charge in [-0.15, -0.1) is 0 Å². The molecule has 6 saturated heterocycles. The van der Waals surface area contributed by atoms with Crippen molar-refractivity contribution in [3.8, 4) is 0 Å². The standard InChI is InChI=1S/C41H48N4O4/c1-6-23-21-44-16-15-40-20-30-26-17-34-36-27(24-11-7-9-13-31(24)43(36)4)18-33(42(34)3)28(26)22-48-39(30,2)49-41(40)35(44)19-25(23)37(38(46)47-5)45(41)32-14-10-8-12-29(32)40/h6-14,25-26,28,30,33-35,37H,15-22H2,1-5H3/b23-6-/t25-,26+,28+,30-,33-,34-,35-,37-,39-,40-,41-/m0/s1. The van der Waals surface area contributed by atoms with Crippen molar-refractivity contribution >= 4 is 22.6 Å². The molecule has 9 heterocycles. The van der Waals surface area contributed by atoms with Gasteiger partial charge < -0.3 is 23.7 Å². The van der Waals surface area contributed by atoms with Crippen LogP contribution < -0.4 is 4.90 Å². The molecular weight excluding hydrogens is 612 g/mol. The second kappa shape index (κ2) is 9.58. The predicted octanol–water partition coefficient (Wildman–Crippen LogP) is 5.54. The molecular formula is C41H48N4O4. The van der Waals surface area contributed by atoms with Crippen LogP contribution in [0.1, 0.15) is 62.4 Å². The second-order valence-electron chi connectivity index (χ2n) is 16.8. The van der Waals surface area contributed by atoms with Gasteiger partial charge in [-0.25, -0.2) is 4.79 Å². The first-order chi connectivity index (χ1) is 23.8. The van der Waals surface area contributed by atoms with Crippen molar-refractivity contribution in [2.24, 2.45) is 30.7 Å². The van der Waals surface area contributed by atoms with E-state index < -0.39 is 17.6 Å². The van der Waals surface area contributed by atoms with E-state index in [9.17, 15) is 4.79 Å². The fourth-order valence-electron chi connectivity index (χ4n) is 13.5. The van der Waals surface area contributed by atoms with Crippen molar-refractivity contribution in [2.75, 3.05) is 38.8 Å². The van der Waals surface area contributed by atoms with Crippen LogP contribution in [-0.4, -0.2) is 83.8 Å². The molecule has 3 aromatic rings. The van der Waals surface area contributed by atoms with Crippen LogP contribution in [0.4, 0.5) is 5.69 Å². The van der Waals surface area contributed by atoms with Gasteiger partial charge in [0, 0.05) is 71.6 Å². The minimum absolute atomic E-state index is 0.0975. The Labute approximate surface area is 288 Å². The van der Waals surface area contributed by atoms with Crippen LogP contribution in [0.5, 0.6) is 0 Å². The van der Waals surface area contributed by atoms with E-state index in [4.69, 9.17) is 14.2 Å². The third-order valence-electron chi connectivity index (χ3n) is 15.5. The molecule has 0 amide bonds. The van der Waals surface area contributed by atoms with Gasteiger partial charge in [-0.05, 0) is 82.2 Å². The van der Waals surface area contributed by atoms with E-state index in [1.807, 2.05) is 0 Å². The van der Waals surface area contributed by atoms with Crippen LogP contribution in [0.25, 0.3) is 10.9 Å². The number of allylic oxidation sites excluding steroid dienone is 1. The first-order valence-electron chi connectivity index (χ1n) is 18.7. The van der Waals surface area contributed by atoms with Crippen molar-refractivity contribution in [1.82, 2.24) is 14.4 Å². The highest BCUT2D eigenvalue weighted by Gasteiger charge is 2.80. The van der Waals surface area contributed by atoms with E-state index in [0.717, 1.165) is 50.9 Å². The number of carbonyl (C=O) groups excluding carboxylic acids is 1. The first-order valence-corrected chi connectivity index (χ1v) is 18.7. The number of esters is 1. The van der Waals surface area contributed by atoms with E-state index in [-0.39, 0.29) is 29.3 Å². The van der Waals surface area contributed by atoms with Crippen LogP contribution in [0.2, 0.25) is 0 Å². The van der Waals surface area contributed by atoms with Crippen LogP contribution in [0.15, 0.2) is 60.2 Å². The normalized spacial score (nSPS) is 43.8. The number of hydrogen-bond acceptors (Lipinski definition) is 7. The number of nitrogens with zero attached hydrogens (tertiary/aromatic N) is 4. The summed E-state index contributed by atoms with van der Waals surface area (Å²) in [6.07, 6.45) is 7.36. The van der Waals surface area contributed by atoms with Gasteiger partial charge in [0.25, 0.3) is 0 Å². The van der Waals surface area contributed by atoms with Crippen molar-refractivity contribution < 1.29 is 19.0 Å². The predicted molar refractivity (Wildman–Crippen MR) is 187 cm³/mol. The molecule has 0 unspecified atom stereocenters. The van der Waals surface area contributed by atoms with E-state index in [0.29, 0.717) is 30.5 Å². The average Bonchev–Trinajstić information content (AvgIpc) is 3.53.